The number of ether oxygens (including phenoxy) is 1. The van der Waals surface area contributed by atoms with Crippen LogP contribution in [0.15, 0.2) is 0 Å². The van der Waals surface area contributed by atoms with Crippen LogP contribution in [0.4, 0.5) is 0 Å². The second-order valence-electron chi connectivity index (χ2n) is 2.14. The molecule has 0 unspecified atom stereocenters. The molecule has 1 saturated carbocycles. The van der Waals surface area contributed by atoms with Gasteiger partial charge < -0.3 is 4.74 Å². The van der Waals surface area contributed by atoms with Crippen molar-refractivity contribution in [3.05, 3.63) is 0 Å². The van der Waals surface area contributed by atoms with Gasteiger partial charge in [-0.25, -0.2) is 0 Å². The molecule has 0 aromatic rings. The second kappa shape index (κ2) is 2.31. The number of methoxy groups -OCH3 is 1. The van der Waals surface area contributed by atoms with Crippen LogP contribution in [0.25, 0.3) is 0 Å². The van der Waals surface area contributed by atoms with E-state index in [0.717, 1.165) is 0 Å². The summed E-state index contributed by atoms with van der Waals surface area (Å²) in [5, 5.41) is 0. The Bertz CT molecular complexity index is 50.5. The maximum Gasteiger partial charge on any atom is 0.0571 e. The van der Waals surface area contributed by atoms with Crippen LogP contribution in [0.5, 0.6) is 0 Å². The van der Waals surface area contributed by atoms with E-state index < -0.39 is 0 Å². The molecule has 1 rings (SSSR count). The Kier molecular flexibility index (Phi) is 1.69. The first-order valence-electron chi connectivity index (χ1n) is 2.96. The molecule has 1 aliphatic carbocycles. The average Bonchev–Trinajstić information content (AvgIpc) is 2.14. The fraction of sp³-hybridized carbons (Fsp3) is 1.00. The zero-order chi connectivity index (χ0) is 5.11. The van der Waals surface area contributed by atoms with Gasteiger partial charge in [0.05, 0.1) is 6.10 Å². The van der Waals surface area contributed by atoms with Gasteiger partial charge in [-0.15, -0.1) is 0 Å². The molecule has 0 aromatic heterocycles. The highest BCUT2D eigenvalue weighted by atomic mass is 16.5. The molecule has 0 aliphatic heterocycles. The summed E-state index contributed by atoms with van der Waals surface area (Å²) in [6.45, 7) is 0. The third-order valence-corrected chi connectivity index (χ3v) is 1.64. The predicted octanol–water partition coefficient (Wildman–Crippen LogP) is 1.82. The van der Waals surface area contributed by atoms with Gasteiger partial charge in [0.1, 0.15) is 0 Å². The standard InChI is InChI=1S/C6H12O.H2/c1-7-6-4-2-3-5-6;/h6H,2-5H2,1H3;1H/i;1+1. The van der Waals surface area contributed by atoms with E-state index in [2.05, 4.69) is 0 Å². The lowest BCUT2D eigenvalue weighted by molar-refractivity contribution is 0.109. The lowest BCUT2D eigenvalue weighted by Gasteiger charge is -2.02. The predicted molar refractivity (Wildman–Crippen MR) is 31.4 cm³/mol. The van der Waals surface area contributed by atoms with E-state index in [-0.39, 0.29) is 1.43 Å². The van der Waals surface area contributed by atoms with E-state index in [4.69, 9.17) is 4.74 Å². The average molecular weight is 103 g/mol. The van der Waals surface area contributed by atoms with Gasteiger partial charge in [0, 0.05) is 8.54 Å². The van der Waals surface area contributed by atoms with Crippen LogP contribution in [0, 0.1) is 0 Å². The van der Waals surface area contributed by atoms with Crippen molar-refractivity contribution >= 4 is 0 Å². The van der Waals surface area contributed by atoms with Crippen LogP contribution in [-0.4, -0.2) is 13.2 Å². The van der Waals surface area contributed by atoms with Crippen LogP contribution >= 0.6 is 0 Å². The third kappa shape index (κ3) is 1.16. The maximum absolute atomic E-state index is 5.11. The first-order chi connectivity index (χ1) is 3.43. The van der Waals surface area contributed by atoms with Crippen LogP contribution < -0.4 is 0 Å². The van der Waals surface area contributed by atoms with E-state index in [0.29, 0.717) is 6.10 Å². The largest absolute Gasteiger partial charge is 0.381 e. The Labute approximate surface area is 46.2 Å². The van der Waals surface area contributed by atoms with E-state index >= 15 is 0 Å². The molecule has 0 radical (unpaired) electrons. The molecule has 0 N–H and O–H groups in total. The Morgan fingerprint density at radius 3 is 2.29 bits per heavy atom. The molecular formula is C6H14O. The summed E-state index contributed by atoms with van der Waals surface area (Å²) < 4.78 is 5.11. The topological polar surface area (TPSA) is 9.23 Å². The smallest absolute Gasteiger partial charge is 0.0571 e. The fourth-order valence-corrected chi connectivity index (χ4v) is 1.12. The SMILES string of the molecule is COC1CCCC1.[2HH]. The molecule has 1 nitrogen and oxygen atoms in total. The van der Waals surface area contributed by atoms with Gasteiger partial charge in [-0.2, -0.15) is 0 Å². The summed E-state index contributed by atoms with van der Waals surface area (Å²) in [6.07, 6.45) is 5.92. The van der Waals surface area contributed by atoms with Crippen molar-refractivity contribution in [1.29, 1.82) is 0 Å². The van der Waals surface area contributed by atoms with E-state index in [1.54, 1.807) is 7.11 Å². The Balaban J connectivity index is 0.000000490. The molecule has 0 amide bonds. The highest BCUT2D eigenvalue weighted by Crippen LogP contribution is 2.19. The van der Waals surface area contributed by atoms with E-state index in [1.165, 1.54) is 25.7 Å². The zero-order valence-electron chi connectivity index (χ0n) is 4.81. The monoisotopic (exact) mass is 103 g/mol. The first kappa shape index (κ1) is 5.10. The highest BCUT2D eigenvalue weighted by Gasteiger charge is 2.12. The van der Waals surface area contributed by atoms with Gasteiger partial charge in [-0.1, -0.05) is 12.8 Å². The van der Waals surface area contributed by atoms with Gasteiger partial charge in [-0.05, 0) is 12.8 Å². The summed E-state index contributed by atoms with van der Waals surface area (Å²) in [6, 6.07) is 0. The molecule has 0 bridgehead atoms. The maximum atomic E-state index is 5.11. The summed E-state index contributed by atoms with van der Waals surface area (Å²) >= 11 is 0. The molecular weight excluding hydrogens is 88.1 g/mol. The normalized spacial score (nSPS) is 23.6. The van der Waals surface area contributed by atoms with Crippen molar-refractivity contribution in [2.75, 3.05) is 7.11 Å². The molecule has 44 valence electrons. The Morgan fingerprint density at radius 2 is 2.00 bits per heavy atom. The summed E-state index contributed by atoms with van der Waals surface area (Å²) in [5.74, 6) is 0. The number of hydrogen-bond donors (Lipinski definition) is 0. The third-order valence-electron chi connectivity index (χ3n) is 1.64. The Morgan fingerprint density at radius 1 is 1.43 bits per heavy atom. The molecule has 1 heteroatoms. The molecule has 1 fully saturated rings. The van der Waals surface area contributed by atoms with Crippen molar-refractivity contribution in [3.63, 3.8) is 0 Å². The first-order valence-corrected chi connectivity index (χ1v) is 2.96. The van der Waals surface area contributed by atoms with Crippen LogP contribution in [-0.2, 0) is 4.74 Å². The minimum absolute atomic E-state index is 0. The van der Waals surface area contributed by atoms with Crippen LogP contribution in [0.1, 0.15) is 27.1 Å². The zero-order valence-corrected chi connectivity index (χ0v) is 4.81. The second-order valence-corrected chi connectivity index (χ2v) is 2.14. The van der Waals surface area contributed by atoms with E-state index in [1.807, 2.05) is 0 Å². The van der Waals surface area contributed by atoms with Crippen molar-refractivity contribution in [1.82, 2.24) is 0 Å². The van der Waals surface area contributed by atoms with E-state index in [9.17, 15) is 0 Å². The minimum atomic E-state index is 0. The van der Waals surface area contributed by atoms with Crippen molar-refractivity contribution in [3.8, 4) is 0 Å². The summed E-state index contributed by atoms with van der Waals surface area (Å²) in [4.78, 5) is 0. The minimum Gasteiger partial charge on any atom is -0.381 e. The molecule has 0 heterocycles. The van der Waals surface area contributed by atoms with Gasteiger partial charge in [0.15, 0.2) is 0 Å². The molecule has 7 heavy (non-hydrogen) atoms. The Hall–Kier alpha value is -0.0400. The summed E-state index contributed by atoms with van der Waals surface area (Å²) in [7, 11) is 1.80. The van der Waals surface area contributed by atoms with Gasteiger partial charge >= 0.3 is 0 Å². The molecule has 0 spiro atoms. The van der Waals surface area contributed by atoms with Gasteiger partial charge in [-0.3, -0.25) is 0 Å². The molecule has 1 aliphatic rings. The van der Waals surface area contributed by atoms with Crippen LogP contribution in [0.3, 0.4) is 0 Å². The van der Waals surface area contributed by atoms with Crippen molar-refractivity contribution in [2.45, 2.75) is 31.8 Å². The van der Waals surface area contributed by atoms with Crippen LogP contribution in [0.2, 0.25) is 0 Å². The fourth-order valence-electron chi connectivity index (χ4n) is 1.12. The van der Waals surface area contributed by atoms with Gasteiger partial charge in [0.25, 0.3) is 0 Å². The number of rotatable bonds is 1. The van der Waals surface area contributed by atoms with Crippen molar-refractivity contribution < 1.29 is 6.16 Å². The lowest BCUT2D eigenvalue weighted by Crippen LogP contribution is -2.01. The lowest BCUT2D eigenvalue weighted by atomic mass is 10.3. The number of hydrogen-bond acceptors (Lipinski definition) is 1. The summed E-state index contributed by atoms with van der Waals surface area (Å²) in [5.41, 5.74) is 0. The van der Waals surface area contributed by atoms with Gasteiger partial charge in [0.2, 0.25) is 0 Å². The highest BCUT2D eigenvalue weighted by molar-refractivity contribution is 4.65. The molecule has 0 saturated heterocycles. The van der Waals surface area contributed by atoms with Crippen molar-refractivity contribution in [2.24, 2.45) is 0 Å². The quantitative estimate of drug-likeness (QED) is 0.492. The molecule has 0 atom stereocenters. The molecule has 0 aromatic carbocycles.